The van der Waals surface area contributed by atoms with Crippen molar-refractivity contribution in [2.24, 2.45) is 4.99 Å². The third kappa shape index (κ3) is 9.93. The number of hydrogen-bond acceptors (Lipinski definition) is 4. The number of sulfone groups is 1. The average Bonchev–Trinajstić information content (AvgIpc) is 2.43. The van der Waals surface area contributed by atoms with Crippen LogP contribution in [0.1, 0.15) is 26.0 Å². The summed E-state index contributed by atoms with van der Waals surface area (Å²) in [6.45, 7) is 5.15. The van der Waals surface area contributed by atoms with Gasteiger partial charge in [0.25, 0.3) is 0 Å². The summed E-state index contributed by atoms with van der Waals surface area (Å²) in [6.07, 6.45) is 3.53. The van der Waals surface area contributed by atoms with Gasteiger partial charge in [0.05, 0.1) is 18.0 Å². The first kappa shape index (κ1) is 21.1. The third-order valence-corrected chi connectivity index (χ3v) is 3.75. The zero-order chi connectivity index (χ0) is 15.7. The van der Waals surface area contributed by atoms with Gasteiger partial charge in [0.2, 0.25) is 0 Å². The maximum atomic E-state index is 11.2. The standard InChI is InChI=1S/C14H24N4O2S.HI/c1-4-15-14(17-11-13-7-5-6-9-16-13)18-12(2)8-10-21(3,19)20;/h5-7,9,12H,4,8,10-11H2,1-3H3,(H2,15,17,18);1H. The fourth-order valence-electron chi connectivity index (χ4n) is 1.67. The molecular weight excluding hydrogens is 415 g/mol. The molecule has 6 nitrogen and oxygen atoms in total. The lowest BCUT2D eigenvalue weighted by Gasteiger charge is -2.17. The Morgan fingerprint density at radius 1 is 1.41 bits per heavy atom. The second kappa shape index (κ2) is 10.8. The molecule has 0 aliphatic heterocycles. The van der Waals surface area contributed by atoms with Crippen molar-refractivity contribution in [2.45, 2.75) is 32.9 Å². The number of nitrogens with zero attached hydrogens (tertiary/aromatic N) is 2. The normalized spacial score (nSPS) is 13.1. The molecule has 0 spiro atoms. The molecule has 1 unspecified atom stereocenters. The number of aromatic nitrogens is 1. The van der Waals surface area contributed by atoms with Crippen LogP contribution in [0.3, 0.4) is 0 Å². The summed E-state index contributed by atoms with van der Waals surface area (Å²) in [7, 11) is -2.93. The number of guanidine groups is 1. The highest BCUT2D eigenvalue weighted by molar-refractivity contribution is 14.0. The van der Waals surface area contributed by atoms with Gasteiger partial charge >= 0.3 is 0 Å². The van der Waals surface area contributed by atoms with E-state index in [9.17, 15) is 8.42 Å². The van der Waals surface area contributed by atoms with E-state index in [0.717, 1.165) is 12.2 Å². The molecule has 0 saturated carbocycles. The van der Waals surface area contributed by atoms with Crippen LogP contribution in [0.15, 0.2) is 29.4 Å². The monoisotopic (exact) mass is 440 g/mol. The highest BCUT2D eigenvalue weighted by atomic mass is 127. The molecule has 0 aliphatic rings. The Hall–Kier alpha value is -0.900. The van der Waals surface area contributed by atoms with Crippen LogP contribution in [0.2, 0.25) is 0 Å². The largest absolute Gasteiger partial charge is 0.357 e. The molecule has 1 aromatic rings. The topological polar surface area (TPSA) is 83.4 Å². The molecular formula is C14H25IN4O2S. The molecule has 126 valence electrons. The van der Waals surface area contributed by atoms with Crippen LogP contribution in [0.25, 0.3) is 0 Å². The highest BCUT2D eigenvalue weighted by Crippen LogP contribution is 1.98. The van der Waals surface area contributed by atoms with Gasteiger partial charge in [-0.15, -0.1) is 24.0 Å². The van der Waals surface area contributed by atoms with Gasteiger partial charge in [-0.05, 0) is 32.4 Å². The Labute approximate surface area is 150 Å². The van der Waals surface area contributed by atoms with E-state index in [2.05, 4.69) is 20.6 Å². The summed E-state index contributed by atoms with van der Waals surface area (Å²) in [5, 5.41) is 6.35. The zero-order valence-corrected chi connectivity index (χ0v) is 16.4. The van der Waals surface area contributed by atoms with Crippen LogP contribution in [0.5, 0.6) is 0 Å². The van der Waals surface area contributed by atoms with Crippen LogP contribution in [-0.4, -0.2) is 44.0 Å². The quantitative estimate of drug-likeness (QED) is 0.382. The first-order valence-corrected chi connectivity index (χ1v) is 9.09. The van der Waals surface area contributed by atoms with E-state index >= 15 is 0 Å². The Bertz CT molecular complexity index is 549. The number of aliphatic imine (C=N–C) groups is 1. The van der Waals surface area contributed by atoms with Crippen molar-refractivity contribution in [2.75, 3.05) is 18.6 Å². The lowest BCUT2D eigenvalue weighted by atomic mass is 10.3. The molecule has 22 heavy (non-hydrogen) atoms. The fourth-order valence-corrected chi connectivity index (χ4v) is 2.45. The van der Waals surface area contributed by atoms with Crippen LogP contribution in [-0.2, 0) is 16.4 Å². The van der Waals surface area contributed by atoms with Crippen molar-refractivity contribution in [3.8, 4) is 0 Å². The lowest BCUT2D eigenvalue weighted by molar-refractivity contribution is 0.581. The second-order valence-electron chi connectivity index (χ2n) is 4.98. The summed E-state index contributed by atoms with van der Waals surface area (Å²) in [6, 6.07) is 5.73. The number of hydrogen-bond donors (Lipinski definition) is 2. The molecule has 8 heteroatoms. The number of pyridine rings is 1. The van der Waals surface area contributed by atoms with E-state index in [0.29, 0.717) is 18.9 Å². The molecule has 0 radical (unpaired) electrons. The molecule has 0 fully saturated rings. The molecule has 0 amide bonds. The number of rotatable bonds is 7. The van der Waals surface area contributed by atoms with Crippen molar-refractivity contribution in [1.82, 2.24) is 15.6 Å². The summed E-state index contributed by atoms with van der Waals surface area (Å²) < 4.78 is 22.4. The maximum Gasteiger partial charge on any atom is 0.191 e. The van der Waals surface area contributed by atoms with Gasteiger partial charge in [-0.3, -0.25) is 4.98 Å². The molecule has 1 atom stereocenters. The molecule has 1 heterocycles. The van der Waals surface area contributed by atoms with Crippen molar-refractivity contribution < 1.29 is 8.42 Å². The van der Waals surface area contributed by atoms with Gasteiger partial charge in [-0.25, -0.2) is 13.4 Å². The first-order chi connectivity index (χ1) is 9.90. The highest BCUT2D eigenvalue weighted by Gasteiger charge is 2.09. The maximum absolute atomic E-state index is 11.2. The number of halogens is 1. The Morgan fingerprint density at radius 2 is 2.14 bits per heavy atom. The molecule has 0 bridgehead atoms. The lowest BCUT2D eigenvalue weighted by Crippen LogP contribution is -2.42. The van der Waals surface area contributed by atoms with Gasteiger partial charge in [-0.1, -0.05) is 6.07 Å². The predicted molar refractivity (Wildman–Crippen MR) is 101 cm³/mol. The van der Waals surface area contributed by atoms with Gasteiger partial charge in [-0.2, -0.15) is 0 Å². The molecule has 2 N–H and O–H groups in total. The van der Waals surface area contributed by atoms with Crippen LogP contribution in [0.4, 0.5) is 0 Å². The third-order valence-electron chi connectivity index (χ3n) is 2.77. The smallest absolute Gasteiger partial charge is 0.191 e. The Kier molecular flexibility index (Phi) is 10.3. The van der Waals surface area contributed by atoms with Crippen LogP contribution >= 0.6 is 24.0 Å². The van der Waals surface area contributed by atoms with Crippen molar-refractivity contribution in [3.63, 3.8) is 0 Å². The molecule has 0 aromatic carbocycles. The van der Waals surface area contributed by atoms with Gasteiger partial charge in [0.1, 0.15) is 9.84 Å². The van der Waals surface area contributed by atoms with Gasteiger partial charge < -0.3 is 10.6 Å². The van der Waals surface area contributed by atoms with Crippen molar-refractivity contribution in [3.05, 3.63) is 30.1 Å². The average molecular weight is 440 g/mol. The van der Waals surface area contributed by atoms with E-state index in [4.69, 9.17) is 0 Å². The SMILES string of the molecule is CCNC(=NCc1ccccn1)NC(C)CCS(C)(=O)=O.I. The molecule has 1 aromatic heterocycles. The van der Waals surface area contributed by atoms with E-state index < -0.39 is 9.84 Å². The summed E-state index contributed by atoms with van der Waals surface area (Å²) >= 11 is 0. The van der Waals surface area contributed by atoms with E-state index in [-0.39, 0.29) is 35.8 Å². The van der Waals surface area contributed by atoms with Crippen LogP contribution < -0.4 is 10.6 Å². The van der Waals surface area contributed by atoms with E-state index in [1.807, 2.05) is 32.0 Å². The van der Waals surface area contributed by atoms with E-state index in [1.54, 1.807) is 6.20 Å². The summed E-state index contributed by atoms with van der Waals surface area (Å²) in [5.74, 6) is 0.838. The first-order valence-electron chi connectivity index (χ1n) is 7.03. The number of nitrogens with one attached hydrogen (secondary N) is 2. The molecule has 1 rings (SSSR count). The minimum Gasteiger partial charge on any atom is -0.357 e. The van der Waals surface area contributed by atoms with Gasteiger partial charge in [0.15, 0.2) is 5.96 Å². The Balaban J connectivity index is 0.00000441. The summed E-state index contributed by atoms with van der Waals surface area (Å²) in [4.78, 5) is 8.67. The second-order valence-corrected chi connectivity index (χ2v) is 7.24. The predicted octanol–water partition coefficient (Wildman–Crippen LogP) is 1.58. The minimum atomic E-state index is -2.93. The van der Waals surface area contributed by atoms with Crippen LogP contribution in [0, 0.1) is 0 Å². The van der Waals surface area contributed by atoms with Crippen molar-refractivity contribution in [1.29, 1.82) is 0 Å². The molecule has 0 saturated heterocycles. The zero-order valence-electron chi connectivity index (χ0n) is 13.2. The molecule has 0 aliphatic carbocycles. The van der Waals surface area contributed by atoms with Gasteiger partial charge in [0, 0.05) is 25.0 Å². The summed E-state index contributed by atoms with van der Waals surface area (Å²) in [5.41, 5.74) is 0.887. The minimum absolute atomic E-state index is 0. The van der Waals surface area contributed by atoms with E-state index in [1.165, 1.54) is 6.26 Å². The Morgan fingerprint density at radius 3 is 2.68 bits per heavy atom. The fraction of sp³-hybridized carbons (Fsp3) is 0.571. The van der Waals surface area contributed by atoms with Crippen molar-refractivity contribution >= 4 is 39.8 Å².